The summed E-state index contributed by atoms with van der Waals surface area (Å²) in [6.45, 7) is 7.02. The van der Waals surface area contributed by atoms with Crippen molar-refractivity contribution in [3.05, 3.63) is 30.1 Å². The van der Waals surface area contributed by atoms with Gasteiger partial charge in [-0.15, -0.1) is 0 Å². The average molecular weight is 288 g/mol. The molecule has 0 amide bonds. The first-order valence-electron chi connectivity index (χ1n) is 8.43. The summed E-state index contributed by atoms with van der Waals surface area (Å²) >= 11 is 0. The molecule has 4 nitrogen and oxygen atoms in total. The predicted molar refractivity (Wildman–Crippen MR) is 86.0 cm³/mol. The van der Waals surface area contributed by atoms with E-state index in [1.807, 2.05) is 12.4 Å². The molecule has 0 spiro atoms. The van der Waals surface area contributed by atoms with Gasteiger partial charge in [-0.2, -0.15) is 0 Å². The van der Waals surface area contributed by atoms with E-state index in [0.717, 1.165) is 5.92 Å². The van der Waals surface area contributed by atoms with E-state index in [4.69, 9.17) is 5.73 Å². The van der Waals surface area contributed by atoms with E-state index in [0.29, 0.717) is 12.6 Å². The van der Waals surface area contributed by atoms with Gasteiger partial charge in [0.25, 0.3) is 0 Å². The number of rotatable bonds is 5. The van der Waals surface area contributed by atoms with Gasteiger partial charge < -0.3 is 10.6 Å². The zero-order valence-corrected chi connectivity index (χ0v) is 13.0. The second-order valence-electron chi connectivity index (χ2n) is 6.52. The molecule has 2 aliphatic heterocycles. The first-order valence-corrected chi connectivity index (χ1v) is 8.43. The van der Waals surface area contributed by atoms with Crippen molar-refractivity contribution < 1.29 is 0 Å². The third-order valence-corrected chi connectivity index (χ3v) is 5.12. The lowest BCUT2D eigenvalue weighted by Crippen LogP contribution is -2.42. The van der Waals surface area contributed by atoms with E-state index < -0.39 is 0 Å². The number of hydrogen-bond donors (Lipinski definition) is 1. The summed E-state index contributed by atoms with van der Waals surface area (Å²) in [6, 6.07) is 4.57. The van der Waals surface area contributed by atoms with E-state index in [2.05, 4.69) is 26.9 Å². The highest BCUT2D eigenvalue weighted by molar-refractivity contribution is 5.15. The molecule has 1 aromatic heterocycles. The molecule has 0 bridgehead atoms. The lowest BCUT2D eigenvalue weighted by molar-refractivity contribution is 0.117. The van der Waals surface area contributed by atoms with Gasteiger partial charge in [-0.05, 0) is 75.5 Å². The van der Waals surface area contributed by atoms with Crippen molar-refractivity contribution in [3.8, 4) is 0 Å². The molecule has 21 heavy (non-hydrogen) atoms. The standard InChI is InChI=1S/C17H28N4/c18-13-17(16-3-7-19-8-4-16)21-11-5-15(6-12-21)14-20-9-1-2-10-20/h3-4,7-8,15,17H,1-2,5-6,9-14,18H2. The highest BCUT2D eigenvalue weighted by Gasteiger charge is 2.26. The maximum Gasteiger partial charge on any atom is 0.0471 e. The maximum atomic E-state index is 6.03. The van der Waals surface area contributed by atoms with Crippen LogP contribution in [0.2, 0.25) is 0 Å². The van der Waals surface area contributed by atoms with E-state index in [1.54, 1.807) is 0 Å². The van der Waals surface area contributed by atoms with Crippen molar-refractivity contribution >= 4 is 0 Å². The second-order valence-corrected chi connectivity index (χ2v) is 6.52. The van der Waals surface area contributed by atoms with E-state index in [-0.39, 0.29) is 0 Å². The van der Waals surface area contributed by atoms with Crippen LogP contribution in [0.5, 0.6) is 0 Å². The molecule has 0 saturated carbocycles. The fraction of sp³-hybridized carbons (Fsp3) is 0.706. The molecule has 3 rings (SSSR count). The number of pyridine rings is 1. The van der Waals surface area contributed by atoms with Crippen molar-refractivity contribution in [3.63, 3.8) is 0 Å². The van der Waals surface area contributed by atoms with Crippen LogP contribution in [0, 0.1) is 5.92 Å². The SMILES string of the molecule is NCC(c1ccncc1)N1CCC(CN2CCCC2)CC1. The van der Waals surface area contributed by atoms with Crippen molar-refractivity contribution in [2.45, 2.75) is 31.7 Å². The number of nitrogens with zero attached hydrogens (tertiary/aromatic N) is 3. The average Bonchev–Trinajstić information content (AvgIpc) is 3.04. The molecule has 2 saturated heterocycles. The highest BCUT2D eigenvalue weighted by Crippen LogP contribution is 2.27. The van der Waals surface area contributed by atoms with E-state index >= 15 is 0 Å². The molecule has 2 N–H and O–H groups in total. The molecule has 0 aromatic carbocycles. The summed E-state index contributed by atoms with van der Waals surface area (Å²) in [4.78, 5) is 9.33. The van der Waals surface area contributed by atoms with Gasteiger partial charge in [-0.25, -0.2) is 0 Å². The van der Waals surface area contributed by atoms with E-state index in [1.165, 1.54) is 64.0 Å². The van der Waals surface area contributed by atoms with Gasteiger partial charge in [-0.1, -0.05) is 0 Å². The summed E-state index contributed by atoms with van der Waals surface area (Å²) in [7, 11) is 0. The summed E-state index contributed by atoms with van der Waals surface area (Å²) in [6.07, 6.45) is 9.18. The molecule has 2 aliphatic rings. The molecule has 0 aliphatic carbocycles. The Labute approximate surface area is 128 Å². The van der Waals surface area contributed by atoms with Gasteiger partial charge in [0.2, 0.25) is 0 Å². The van der Waals surface area contributed by atoms with E-state index in [9.17, 15) is 0 Å². The molecule has 0 radical (unpaired) electrons. The molecule has 4 heteroatoms. The van der Waals surface area contributed by atoms with Crippen LogP contribution in [0.1, 0.15) is 37.3 Å². The van der Waals surface area contributed by atoms with Crippen LogP contribution in [0.4, 0.5) is 0 Å². The van der Waals surface area contributed by atoms with Crippen molar-refractivity contribution in [1.29, 1.82) is 0 Å². The third kappa shape index (κ3) is 3.82. The number of likely N-dealkylation sites (tertiary alicyclic amines) is 2. The Balaban J connectivity index is 1.52. The first-order chi connectivity index (χ1) is 10.4. The minimum atomic E-state index is 0.362. The lowest BCUT2D eigenvalue weighted by Gasteiger charge is -2.38. The fourth-order valence-electron chi connectivity index (χ4n) is 3.86. The maximum absolute atomic E-state index is 6.03. The molecular formula is C17H28N4. The fourth-order valence-corrected chi connectivity index (χ4v) is 3.86. The summed E-state index contributed by atoms with van der Waals surface area (Å²) in [5, 5.41) is 0. The van der Waals surface area contributed by atoms with Crippen molar-refractivity contribution in [2.24, 2.45) is 11.7 Å². The van der Waals surface area contributed by atoms with Gasteiger partial charge >= 0.3 is 0 Å². The van der Waals surface area contributed by atoms with Gasteiger partial charge in [0, 0.05) is 31.5 Å². The lowest BCUT2D eigenvalue weighted by atomic mass is 9.94. The molecular weight excluding hydrogens is 260 g/mol. The van der Waals surface area contributed by atoms with Crippen LogP contribution in [0.15, 0.2) is 24.5 Å². The zero-order chi connectivity index (χ0) is 14.5. The van der Waals surface area contributed by atoms with Gasteiger partial charge in [-0.3, -0.25) is 9.88 Å². The Morgan fingerprint density at radius 3 is 2.38 bits per heavy atom. The number of aromatic nitrogens is 1. The van der Waals surface area contributed by atoms with Crippen LogP contribution in [-0.2, 0) is 0 Å². The first kappa shape index (κ1) is 14.9. The smallest absolute Gasteiger partial charge is 0.0471 e. The monoisotopic (exact) mass is 288 g/mol. The largest absolute Gasteiger partial charge is 0.329 e. The Hall–Kier alpha value is -0.970. The quantitative estimate of drug-likeness (QED) is 0.899. The van der Waals surface area contributed by atoms with Crippen LogP contribution in [0.25, 0.3) is 0 Å². The minimum absolute atomic E-state index is 0.362. The summed E-state index contributed by atoms with van der Waals surface area (Å²) < 4.78 is 0. The van der Waals surface area contributed by atoms with Crippen LogP contribution in [-0.4, -0.2) is 54.1 Å². The Morgan fingerprint density at radius 2 is 1.76 bits per heavy atom. The highest BCUT2D eigenvalue weighted by atomic mass is 15.2. The van der Waals surface area contributed by atoms with Crippen molar-refractivity contribution in [2.75, 3.05) is 39.3 Å². The Morgan fingerprint density at radius 1 is 1.10 bits per heavy atom. The topological polar surface area (TPSA) is 45.4 Å². The molecule has 1 aromatic rings. The Kier molecular flexibility index (Phi) is 5.22. The summed E-state index contributed by atoms with van der Waals surface area (Å²) in [5.41, 5.74) is 7.34. The third-order valence-electron chi connectivity index (χ3n) is 5.12. The number of nitrogens with two attached hydrogens (primary N) is 1. The molecule has 2 fully saturated rings. The Bertz CT molecular complexity index is 408. The molecule has 1 unspecified atom stereocenters. The van der Waals surface area contributed by atoms with Gasteiger partial charge in [0.05, 0.1) is 0 Å². The van der Waals surface area contributed by atoms with Crippen LogP contribution >= 0.6 is 0 Å². The molecule has 116 valence electrons. The van der Waals surface area contributed by atoms with Gasteiger partial charge in [0.1, 0.15) is 0 Å². The number of piperidine rings is 1. The second kappa shape index (κ2) is 7.34. The van der Waals surface area contributed by atoms with Crippen LogP contribution in [0.3, 0.4) is 0 Å². The van der Waals surface area contributed by atoms with Gasteiger partial charge in [0.15, 0.2) is 0 Å². The van der Waals surface area contributed by atoms with Crippen LogP contribution < -0.4 is 5.73 Å². The minimum Gasteiger partial charge on any atom is -0.329 e. The number of hydrogen-bond acceptors (Lipinski definition) is 4. The predicted octanol–water partition coefficient (Wildman–Crippen LogP) is 1.89. The summed E-state index contributed by atoms with van der Waals surface area (Å²) in [5.74, 6) is 0.884. The van der Waals surface area contributed by atoms with Crippen molar-refractivity contribution in [1.82, 2.24) is 14.8 Å². The molecule has 3 heterocycles. The normalized spacial score (nSPS) is 23.5. The zero-order valence-electron chi connectivity index (χ0n) is 13.0. The molecule has 1 atom stereocenters.